The maximum atomic E-state index is 13.3. The topological polar surface area (TPSA) is 331 Å². The quantitative estimate of drug-likeness (QED) is 0.0319. The summed E-state index contributed by atoms with van der Waals surface area (Å²) >= 11 is 0. The van der Waals surface area contributed by atoms with Crippen LogP contribution in [-0.2, 0) is 33.6 Å². The van der Waals surface area contributed by atoms with E-state index in [1.807, 2.05) is 0 Å². The van der Waals surface area contributed by atoms with Gasteiger partial charge in [0.05, 0.1) is 18.6 Å². The highest BCUT2D eigenvalue weighted by Gasteiger charge is 2.35. The normalized spacial score (nSPS) is 14.9. The minimum atomic E-state index is -1.59. The Morgan fingerprint density at radius 3 is 1.74 bits per heavy atom. The summed E-state index contributed by atoms with van der Waals surface area (Å²) < 4.78 is 0. The third-order valence-corrected chi connectivity index (χ3v) is 6.37. The molecule has 0 saturated heterocycles. The van der Waals surface area contributed by atoms with Crippen LogP contribution in [0.4, 0.5) is 0 Å². The summed E-state index contributed by atoms with van der Waals surface area (Å²) in [7, 11) is 0. The van der Waals surface area contributed by atoms with E-state index < -0.39 is 96.7 Å². The number of hydrogen-bond donors (Lipinski definition) is 11. The molecule has 0 aliphatic carbocycles. The second-order valence-electron chi connectivity index (χ2n) is 11.5. The number of carbonyl (C=O) groups excluding carboxylic acids is 5. The first-order valence-electron chi connectivity index (χ1n) is 14.7. The predicted octanol–water partition coefficient (Wildman–Crippen LogP) is -3.94. The summed E-state index contributed by atoms with van der Waals surface area (Å²) in [5, 5.41) is 40.0. The van der Waals surface area contributed by atoms with Gasteiger partial charge in [-0.15, -0.1) is 0 Å². The molecule has 0 aromatic carbocycles. The fraction of sp³-hybridized carbons (Fsp3) is 0.704. The van der Waals surface area contributed by atoms with E-state index in [9.17, 15) is 38.7 Å². The third-order valence-electron chi connectivity index (χ3n) is 6.37. The fourth-order valence-corrected chi connectivity index (χ4v) is 4.02. The maximum absolute atomic E-state index is 13.3. The predicted molar refractivity (Wildman–Crippen MR) is 164 cm³/mol. The molecule has 0 radical (unpaired) electrons. The van der Waals surface area contributed by atoms with Crippen molar-refractivity contribution in [2.75, 3.05) is 13.1 Å². The third kappa shape index (κ3) is 16.5. The van der Waals surface area contributed by atoms with Gasteiger partial charge in [-0.25, -0.2) is 0 Å². The van der Waals surface area contributed by atoms with Crippen LogP contribution in [0.1, 0.15) is 60.3 Å². The Morgan fingerprint density at radius 1 is 0.717 bits per heavy atom. The molecule has 46 heavy (non-hydrogen) atoms. The molecule has 14 N–H and O–H groups in total. The number of amides is 5. The molecule has 0 fully saturated rings. The van der Waals surface area contributed by atoms with E-state index in [-0.39, 0.29) is 37.7 Å². The average Bonchev–Trinajstić information content (AvgIpc) is 2.92. The van der Waals surface area contributed by atoms with Crippen LogP contribution in [0.2, 0.25) is 0 Å². The zero-order valence-corrected chi connectivity index (χ0v) is 26.7. The number of nitrogens with one attached hydrogen (secondary N) is 5. The van der Waals surface area contributed by atoms with Gasteiger partial charge in [0.2, 0.25) is 29.5 Å². The number of carbonyl (C=O) groups is 7. The Morgan fingerprint density at radius 2 is 1.26 bits per heavy atom. The number of carboxylic acids is 2. The molecule has 0 aliphatic heterocycles. The van der Waals surface area contributed by atoms with Gasteiger partial charge in [0.1, 0.15) is 30.7 Å². The molecule has 0 saturated carbocycles. The van der Waals surface area contributed by atoms with Gasteiger partial charge in [-0.2, -0.15) is 0 Å². The minimum absolute atomic E-state index is 0.0273. The standard InChI is InChI=1S/C27H49N9O10/c1-12(2)9-17(23(43)32-11-19(40)41)34-26(46)21(14(5)37)36-25(45)20(13(3)4)35-24(44)16(7-6-8-31-27(29)30)33-22(42)15(28)10-18(38)39/h12-17,20-21,37H,6-11,28H2,1-5H3,(H,32,43)(H,33,42)(H,34,46)(H,35,44)(H,36,45)(H,38,39)(H,40,41)(H4,29,30,31)/t14-,15+,16+,17+,20+,21+/m1/s1. The van der Waals surface area contributed by atoms with Crippen LogP contribution in [0.5, 0.6) is 0 Å². The van der Waals surface area contributed by atoms with Crippen molar-refractivity contribution in [3.8, 4) is 0 Å². The van der Waals surface area contributed by atoms with Gasteiger partial charge in [0.25, 0.3) is 0 Å². The van der Waals surface area contributed by atoms with Crippen LogP contribution in [0, 0.1) is 11.8 Å². The van der Waals surface area contributed by atoms with E-state index >= 15 is 0 Å². The Hall–Kier alpha value is -4.52. The number of nitrogens with zero attached hydrogens (tertiary/aromatic N) is 1. The van der Waals surface area contributed by atoms with Crippen LogP contribution in [0.3, 0.4) is 0 Å². The molecule has 5 amide bonds. The Bertz CT molecular complexity index is 1110. The fourth-order valence-electron chi connectivity index (χ4n) is 4.02. The molecular weight excluding hydrogens is 610 g/mol. The number of nitrogens with two attached hydrogens (primary N) is 3. The maximum Gasteiger partial charge on any atom is 0.322 e. The van der Waals surface area contributed by atoms with Gasteiger partial charge in [0, 0.05) is 6.54 Å². The number of carboxylic acid groups (broad SMARTS) is 2. The number of aliphatic carboxylic acids is 2. The molecule has 19 nitrogen and oxygen atoms in total. The van der Waals surface area contributed by atoms with Gasteiger partial charge in [-0.1, -0.05) is 27.7 Å². The van der Waals surface area contributed by atoms with E-state index in [2.05, 4.69) is 31.6 Å². The van der Waals surface area contributed by atoms with Gasteiger partial charge in [-0.3, -0.25) is 38.6 Å². The highest BCUT2D eigenvalue weighted by molar-refractivity contribution is 5.96. The first-order chi connectivity index (χ1) is 21.3. The summed E-state index contributed by atoms with van der Waals surface area (Å²) in [4.78, 5) is 90.5. The number of guanidine groups is 1. The van der Waals surface area contributed by atoms with Crippen molar-refractivity contribution in [3.05, 3.63) is 0 Å². The van der Waals surface area contributed by atoms with Crippen LogP contribution < -0.4 is 43.8 Å². The molecule has 0 aromatic rings. The van der Waals surface area contributed by atoms with Crippen molar-refractivity contribution in [2.45, 2.75) is 96.6 Å². The Kier molecular flexibility index (Phi) is 18.5. The second kappa shape index (κ2) is 20.5. The molecular formula is C27H49N9O10. The number of aliphatic hydroxyl groups is 1. The first-order valence-corrected chi connectivity index (χ1v) is 14.7. The summed E-state index contributed by atoms with van der Waals surface area (Å²) in [6.07, 6.45) is -1.87. The van der Waals surface area contributed by atoms with Crippen molar-refractivity contribution in [1.29, 1.82) is 0 Å². The van der Waals surface area contributed by atoms with E-state index in [0.717, 1.165) is 0 Å². The largest absolute Gasteiger partial charge is 0.481 e. The molecule has 0 spiro atoms. The minimum Gasteiger partial charge on any atom is -0.481 e. The Labute approximate surface area is 266 Å². The van der Waals surface area contributed by atoms with Crippen molar-refractivity contribution in [1.82, 2.24) is 26.6 Å². The second-order valence-corrected chi connectivity index (χ2v) is 11.5. The zero-order valence-electron chi connectivity index (χ0n) is 26.7. The monoisotopic (exact) mass is 659 g/mol. The lowest BCUT2D eigenvalue weighted by atomic mass is 10.00. The highest BCUT2D eigenvalue weighted by atomic mass is 16.4. The summed E-state index contributed by atoms with van der Waals surface area (Å²) in [6, 6.07) is -6.81. The van der Waals surface area contributed by atoms with Crippen molar-refractivity contribution in [2.24, 2.45) is 34.0 Å². The molecule has 0 aliphatic rings. The van der Waals surface area contributed by atoms with Crippen molar-refractivity contribution < 1.29 is 48.9 Å². The lowest BCUT2D eigenvalue weighted by Crippen LogP contribution is -2.62. The van der Waals surface area contributed by atoms with E-state index in [1.165, 1.54) is 6.92 Å². The van der Waals surface area contributed by atoms with Crippen LogP contribution in [0.15, 0.2) is 4.99 Å². The average molecular weight is 660 g/mol. The Balaban J connectivity index is 5.91. The van der Waals surface area contributed by atoms with Crippen LogP contribution >= 0.6 is 0 Å². The SMILES string of the molecule is CC(C)C[C@H](NC(=O)[C@@H](NC(=O)[C@@H](NC(=O)[C@H](CCCN=C(N)N)NC(=O)[C@@H](N)CC(=O)O)C(C)C)[C@@H](C)O)C(=O)NCC(=O)O. The van der Waals surface area contributed by atoms with Crippen molar-refractivity contribution in [3.63, 3.8) is 0 Å². The smallest absolute Gasteiger partial charge is 0.322 e. The molecule has 0 bridgehead atoms. The highest BCUT2D eigenvalue weighted by Crippen LogP contribution is 2.09. The summed E-state index contributed by atoms with van der Waals surface area (Å²) in [5.41, 5.74) is 16.2. The van der Waals surface area contributed by atoms with Gasteiger partial charge < -0.3 is 59.1 Å². The van der Waals surface area contributed by atoms with Gasteiger partial charge in [0.15, 0.2) is 5.96 Å². The summed E-state index contributed by atoms with van der Waals surface area (Å²) in [6.45, 7) is 7.34. The lowest BCUT2D eigenvalue weighted by Gasteiger charge is -2.29. The molecule has 6 atom stereocenters. The first kappa shape index (κ1) is 41.5. The molecule has 262 valence electrons. The molecule has 0 aromatic heterocycles. The lowest BCUT2D eigenvalue weighted by molar-refractivity contribution is -0.140. The van der Waals surface area contributed by atoms with E-state index in [1.54, 1.807) is 27.7 Å². The van der Waals surface area contributed by atoms with E-state index in [4.69, 9.17) is 27.4 Å². The van der Waals surface area contributed by atoms with Crippen LogP contribution in [0.25, 0.3) is 0 Å². The van der Waals surface area contributed by atoms with E-state index in [0.29, 0.717) is 0 Å². The summed E-state index contributed by atoms with van der Waals surface area (Å²) in [5.74, 6) is -7.86. The molecule has 0 rings (SSSR count). The molecule has 0 unspecified atom stereocenters. The number of hydrogen-bond acceptors (Lipinski definition) is 10. The molecule has 0 heterocycles. The number of aliphatic imine (C=N–C) groups is 1. The number of aliphatic hydroxyl groups excluding tert-OH is 1. The van der Waals surface area contributed by atoms with Crippen molar-refractivity contribution >= 4 is 47.4 Å². The van der Waals surface area contributed by atoms with Crippen LogP contribution in [-0.4, -0.2) is 112 Å². The zero-order chi connectivity index (χ0) is 35.7. The van der Waals surface area contributed by atoms with Gasteiger partial charge in [-0.05, 0) is 38.0 Å². The number of rotatable bonds is 21. The van der Waals surface area contributed by atoms with Gasteiger partial charge >= 0.3 is 11.9 Å². The molecule has 19 heteroatoms.